The summed E-state index contributed by atoms with van der Waals surface area (Å²) in [5, 5.41) is 20.4. The van der Waals surface area contributed by atoms with Crippen LogP contribution in [0.5, 0.6) is 0 Å². The van der Waals surface area contributed by atoms with Crippen molar-refractivity contribution in [2.24, 2.45) is 0 Å². The molecule has 0 bridgehead atoms. The van der Waals surface area contributed by atoms with E-state index in [0.29, 0.717) is 32.2 Å². The largest absolute Gasteiger partial charge is 0.503 e. The minimum atomic E-state index is -0.969. The summed E-state index contributed by atoms with van der Waals surface area (Å²) in [6, 6.07) is 10.7. The molecule has 1 atom stereocenters. The average Bonchev–Trinajstić information content (AvgIpc) is 3.61. The summed E-state index contributed by atoms with van der Waals surface area (Å²) in [4.78, 5) is 32.9. The van der Waals surface area contributed by atoms with Gasteiger partial charge in [0, 0.05) is 5.75 Å². The van der Waals surface area contributed by atoms with Gasteiger partial charge in [-0.25, -0.2) is 4.98 Å². The number of benzene rings is 1. The molecule has 8 nitrogen and oxygen atoms in total. The van der Waals surface area contributed by atoms with Crippen LogP contribution < -0.4 is 4.90 Å². The van der Waals surface area contributed by atoms with Crippen molar-refractivity contribution >= 4 is 51.3 Å². The molecule has 3 aromatic heterocycles. The fraction of sp³-hybridized carbons (Fsp3) is 0.240. The lowest BCUT2D eigenvalue weighted by Gasteiger charge is -2.21. The molecule has 184 valence electrons. The maximum Gasteiger partial charge on any atom is 0.296 e. The number of aromatic nitrogens is 3. The number of Topliss-reactive ketones (excluding diaryl/α,β-unsaturated/α-hetero) is 1. The molecule has 1 aliphatic rings. The SMILES string of the molecule is Cc1ccc(CSc2nnc(N3C(=O)C(O)=C(C(=O)c4sc(C)nc4C)C3c3ccc(C)o3)s2)cc1. The van der Waals surface area contributed by atoms with Crippen LogP contribution >= 0.6 is 34.4 Å². The lowest BCUT2D eigenvalue weighted by atomic mass is 10.00. The van der Waals surface area contributed by atoms with E-state index in [9.17, 15) is 14.7 Å². The molecule has 0 spiro atoms. The Morgan fingerprint density at radius 3 is 2.47 bits per heavy atom. The van der Waals surface area contributed by atoms with Crippen LogP contribution in [0.3, 0.4) is 0 Å². The minimum absolute atomic E-state index is 0.0508. The third-order valence-corrected chi connectivity index (χ3v) is 8.88. The molecule has 1 amide bonds. The Labute approximate surface area is 219 Å². The molecular weight excluding hydrogens is 517 g/mol. The number of aliphatic hydroxyl groups is 1. The topological polar surface area (TPSA) is 109 Å². The quantitative estimate of drug-likeness (QED) is 0.176. The second-order valence-corrected chi connectivity index (χ2v) is 11.8. The third kappa shape index (κ3) is 4.49. The summed E-state index contributed by atoms with van der Waals surface area (Å²) in [7, 11) is 0. The number of nitrogens with zero attached hydrogens (tertiary/aromatic N) is 4. The number of rotatable bonds is 7. The van der Waals surface area contributed by atoms with Crippen molar-refractivity contribution in [2.45, 2.75) is 43.8 Å². The molecule has 5 rings (SSSR count). The van der Waals surface area contributed by atoms with Gasteiger partial charge in [-0.3, -0.25) is 14.5 Å². The van der Waals surface area contributed by atoms with Gasteiger partial charge in [-0.05, 0) is 45.4 Å². The Kier molecular flexibility index (Phi) is 6.54. The van der Waals surface area contributed by atoms with Crippen molar-refractivity contribution in [3.63, 3.8) is 0 Å². The maximum atomic E-state index is 13.6. The summed E-state index contributed by atoms with van der Waals surface area (Å²) in [6.07, 6.45) is 0. The van der Waals surface area contributed by atoms with E-state index in [1.807, 2.05) is 6.92 Å². The lowest BCUT2D eigenvalue weighted by molar-refractivity contribution is -0.117. The van der Waals surface area contributed by atoms with Crippen molar-refractivity contribution in [1.82, 2.24) is 15.2 Å². The van der Waals surface area contributed by atoms with Crippen molar-refractivity contribution in [3.05, 3.63) is 86.0 Å². The molecule has 0 saturated heterocycles. The standard InChI is InChI=1S/C25H22N4O4S3/c1-12-5-8-16(9-6-12)11-34-25-28-27-24(36-25)29-19(17-10-7-13(2)33-17)18(21(31)23(29)32)20(30)22-14(3)26-15(4)35-22/h5-10,19,31H,11H2,1-4H3. The molecule has 36 heavy (non-hydrogen) atoms. The van der Waals surface area contributed by atoms with E-state index in [1.54, 1.807) is 32.9 Å². The summed E-state index contributed by atoms with van der Waals surface area (Å²) in [5.41, 5.74) is 2.83. The molecule has 0 saturated carbocycles. The number of amides is 1. The number of thioether (sulfide) groups is 1. The summed E-state index contributed by atoms with van der Waals surface area (Å²) >= 11 is 3.96. The number of aryl methyl sites for hydroxylation is 4. The van der Waals surface area contributed by atoms with Gasteiger partial charge in [-0.15, -0.1) is 21.5 Å². The molecule has 4 heterocycles. The van der Waals surface area contributed by atoms with Crippen LogP contribution in [0.2, 0.25) is 0 Å². The fourth-order valence-corrected chi connectivity index (χ4v) is 6.65. The van der Waals surface area contributed by atoms with Gasteiger partial charge in [-0.1, -0.05) is 52.9 Å². The predicted molar refractivity (Wildman–Crippen MR) is 140 cm³/mol. The highest BCUT2D eigenvalue weighted by Gasteiger charge is 2.48. The van der Waals surface area contributed by atoms with Crippen LogP contribution in [0, 0.1) is 27.7 Å². The molecule has 0 radical (unpaired) electrons. The van der Waals surface area contributed by atoms with E-state index in [4.69, 9.17) is 4.42 Å². The lowest BCUT2D eigenvalue weighted by Crippen LogP contribution is -2.30. The van der Waals surface area contributed by atoms with Gasteiger partial charge in [0.2, 0.25) is 10.9 Å². The smallest absolute Gasteiger partial charge is 0.296 e. The second-order valence-electron chi connectivity index (χ2n) is 8.39. The van der Waals surface area contributed by atoms with E-state index in [0.717, 1.165) is 10.6 Å². The Bertz CT molecular complexity index is 1500. The zero-order chi connectivity index (χ0) is 25.6. The third-order valence-electron chi connectivity index (χ3n) is 5.68. The zero-order valence-corrected chi connectivity index (χ0v) is 22.4. The first-order chi connectivity index (χ1) is 17.2. The average molecular weight is 539 g/mol. The summed E-state index contributed by atoms with van der Waals surface area (Å²) in [5.74, 6) is -0.121. The molecular formula is C25H22N4O4S3. The van der Waals surface area contributed by atoms with Crippen LogP contribution in [-0.4, -0.2) is 32.0 Å². The first-order valence-corrected chi connectivity index (χ1v) is 13.7. The molecule has 1 unspecified atom stereocenters. The van der Waals surface area contributed by atoms with Crippen molar-refractivity contribution in [2.75, 3.05) is 4.90 Å². The molecule has 1 aromatic carbocycles. The fourth-order valence-electron chi connectivity index (χ4n) is 3.96. The van der Waals surface area contributed by atoms with E-state index in [1.165, 1.54) is 44.9 Å². The predicted octanol–water partition coefficient (Wildman–Crippen LogP) is 5.90. The van der Waals surface area contributed by atoms with Gasteiger partial charge in [0.1, 0.15) is 17.6 Å². The first-order valence-electron chi connectivity index (χ1n) is 11.1. The number of ketones is 1. The first kappa shape index (κ1) is 24.4. The van der Waals surface area contributed by atoms with Gasteiger partial charge in [0.05, 0.1) is 21.2 Å². The summed E-state index contributed by atoms with van der Waals surface area (Å²) in [6.45, 7) is 7.35. The highest BCUT2D eigenvalue weighted by atomic mass is 32.2. The maximum absolute atomic E-state index is 13.6. The van der Waals surface area contributed by atoms with E-state index < -0.39 is 23.5 Å². The van der Waals surface area contributed by atoms with Crippen LogP contribution in [0.15, 0.2) is 56.5 Å². The van der Waals surface area contributed by atoms with Gasteiger partial charge in [-0.2, -0.15) is 0 Å². The van der Waals surface area contributed by atoms with Crippen molar-refractivity contribution in [1.29, 1.82) is 0 Å². The number of furan rings is 1. The van der Waals surface area contributed by atoms with Gasteiger partial charge in [0.15, 0.2) is 10.1 Å². The van der Waals surface area contributed by atoms with Crippen LogP contribution in [-0.2, 0) is 10.5 Å². The van der Waals surface area contributed by atoms with Crippen LogP contribution in [0.25, 0.3) is 0 Å². The Hall–Kier alpha value is -3.28. The highest BCUT2D eigenvalue weighted by Crippen LogP contribution is 2.44. The number of carbonyl (C=O) groups excluding carboxylic acids is 2. The molecule has 0 fully saturated rings. The minimum Gasteiger partial charge on any atom is -0.503 e. The van der Waals surface area contributed by atoms with Crippen LogP contribution in [0.1, 0.15) is 49.1 Å². The monoisotopic (exact) mass is 538 g/mol. The molecule has 0 aliphatic carbocycles. The second kappa shape index (κ2) is 9.64. The summed E-state index contributed by atoms with van der Waals surface area (Å²) < 4.78 is 6.50. The number of thiazole rings is 1. The number of anilines is 1. The normalized spacial score (nSPS) is 15.8. The number of hydrogen-bond acceptors (Lipinski definition) is 10. The molecule has 4 aromatic rings. The van der Waals surface area contributed by atoms with Gasteiger partial charge in [0.25, 0.3) is 5.91 Å². The molecule has 1 N–H and O–H groups in total. The Morgan fingerprint density at radius 1 is 1.08 bits per heavy atom. The Balaban J connectivity index is 1.48. The Morgan fingerprint density at radius 2 is 1.83 bits per heavy atom. The van der Waals surface area contributed by atoms with E-state index >= 15 is 0 Å². The van der Waals surface area contributed by atoms with Crippen molar-refractivity contribution in [3.8, 4) is 0 Å². The number of hydrogen-bond donors (Lipinski definition) is 1. The molecule has 11 heteroatoms. The zero-order valence-electron chi connectivity index (χ0n) is 19.9. The number of aliphatic hydroxyl groups excluding tert-OH is 1. The van der Waals surface area contributed by atoms with E-state index in [-0.39, 0.29) is 10.7 Å². The van der Waals surface area contributed by atoms with Gasteiger partial charge >= 0.3 is 0 Å². The van der Waals surface area contributed by atoms with Gasteiger partial charge < -0.3 is 9.52 Å². The number of carbonyl (C=O) groups is 2. The van der Waals surface area contributed by atoms with Crippen molar-refractivity contribution < 1.29 is 19.1 Å². The highest BCUT2D eigenvalue weighted by molar-refractivity contribution is 8.00. The van der Waals surface area contributed by atoms with E-state index in [2.05, 4.69) is 39.4 Å². The van der Waals surface area contributed by atoms with Crippen LogP contribution in [0.4, 0.5) is 5.13 Å². The molecule has 1 aliphatic heterocycles.